The first-order chi connectivity index (χ1) is 7.20. The summed E-state index contributed by atoms with van der Waals surface area (Å²) in [6.07, 6.45) is 3.92. The molecule has 0 saturated carbocycles. The number of amides is 1. The Bertz CT molecular complexity index is 333. The molecule has 0 bridgehead atoms. The summed E-state index contributed by atoms with van der Waals surface area (Å²) in [7, 11) is 2.04. The van der Waals surface area contributed by atoms with Gasteiger partial charge in [-0.2, -0.15) is 0 Å². The molecule has 0 aromatic heterocycles. The van der Waals surface area contributed by atoms with Crippen molar-refractivity contribution < 1.29 is 9.53 Å². The van der Waals surface area contributed by atoms with Crippen molar-refractivity contribution in [1.29, 1.82) is 0 Å². The Morgan fingerprint density at radius 2 is 2.27 bits per heavy atom. The monoisotopic (exact) mass is 208 g/mol. The molecule has 0 aliphatic carbocycles. The van der Waals surface area contributed by atoms with Gasteiger partial charge in [0.1, 0.15) is 0 Å². The van der Waals surface area contributed by atoms with Crippen molar-refractivity contribution >= 4 is 6.09 Å². The molecule has 2 heterocycles. The van der Waals surface area contributed by atoms with Gasteiger partial charge in [-0.15, -0.1) is 0 Å². The van der Waals surface area contributed by atoms with Crippen LogP contribution in [-0.4, -0.2) is 49.2 Å². The summed E-state index contributed by atoms with van der Waals surface area (Å²) in [6.45, 7) is 4.59. The molecule has 0 aromatic carbocycles. The molecule has 0 atom stereocenters. The van der Waals surface area contributed by atoms with Gasteiger partial charge in [0.15, 0.2) is 0 Å². The highest BCUT2D eigenvalue weighted by Gasteiger charge is 2.27. The van der Waals surface area contributed by atoms with Crippen molar-refractivity contribution in [1.82, 2.24) is 9.80 Å². The SMILES string of the molecule is CCOC(=O)N1CC2=C(CN(C)C=C2)C1. The fraction of sp³-hybridized carbons (Fsp3) is 0.545. The third kappa shape index (κ3) is 1.98. The lowest BCUT2D eigenvalue weighted by Crippen LogP contribution is -2.30. The highest BCUT2D eigenvalue weighted by Crippen LogP contribution is 2.23. The molecule has 2 aliphatic rings. The molecule has 15 heavy (non-hydrogen) atoms. The Hall–Kier alpha value is -1.45. The van der Waals surface area contributed by atoms with Crippen LogP contribution in [0.4, 0.5) is 4.79 Å². The molecule has 0 saturated heterocycles. The van der Waals surface area contributed by atoms with Gasteiger partial charge in [-0.05, 0) is 30.3 Å². The first-order valence-electron chi connectivity index (χ1n) is 5.21. The summed E-state index contributed by atoms with van der Waals surface area (Å²) in [5.41, 5.74) is 2.59. The van der Waals surface area contributed by atoms with Gasteiger partial charge in [-0.25, -0.2) is 4.79 Å². The van der Waals surface area contributed by atoms with Crippen molar-refractivity contribution in [3.63, 3.8) is 0 Å². The molecule has 0 radical (unpaired) electrons. The second-order valence-electron chi connectivity index (χ2n) is 3.91. The Labute approximate surface area is 89.8 Å². The van der Waals surface area contributed by atoms with Crippen molar-refractivity contribution in [3.05, 3.63) is 23.4 Å². The minimum atomic E-state index is -0.206. The quantitative estimate of drug-likeness (QED) is 0.649. The Balaban J connectivity index is 1.99. The van der Waals surface area contributed by atoms with Crippen LogP contribution < -0.4 is 0 Å². The van der Waals surface area contributed by atoms with Gasteiger partial charge in [0.25, 0.3) is 0 Å². The smallest absolute Gasteiger partial charge is 0.410 e. The van der Waals surface area contributed by atoms with E-state index in [2.05, 4.69) is 11.0 Å². The fourth-order valence-electron chi connectivity index (χ4n) is 1.94. The van der Waals surface area contributed by atoms with Crippen LogP contribution in [0.1, 0.15) is 6.92 Å². The molecular weight excluding hydrogens is 192 g/mol. The van der Waals surface area contributed by atoms with Crippen LogP contribution in [-0.2, 0) is 4.74 Å². The third-order valence-corrected chi connectivity index (χ3v) is 2.69. The average Bonchev–Trinajstić information content (AvgIpc) is 2.60. The molecule has 0 fully saturated rings. The lowest BCUT2D eigenvalue weighted by molar-refractivity contribution is 0.116. The molecule has 4 nitrogen and oxygen atoms in total. The van der Waals surface area contributed by atoms with E-state index in [0.717, 1.165) is 6.54 Å². The van der Waals surface area contributed by atoms with E-state index in [9.17, 15) is 4.79 Å². The summed E-state index contributed by atoms with van der Waals surface area (Å²) < 4.78 is 4.98. The van der Waals surface area contributed by atoms with Gasteiger partial charge in [0.05, 0.1) is 6.61 Å². The van der Waals surface area contributed by atoms with Gasteiger partial charge in [0, 0.05) is 26.7 Å². The second kappa shape index (κ2) is 3.96. The largest absolute Gasteiger partial charge is 0.450 e. The van der Waals surface area contributed by atoms with E-state index in [1.54, 1.807) is 4.90 Å². The molecule has 4 heteroatoms. The van der Waals surface area contributed by atoms with E-state index in [1.807, 2.05) is 20.2 Å². The highest BCUT2D eigenvalue weighted by molar-refractivity contribution is 5.70. The number of carbonyl (C=O) groups excluding carboxylic acids is 1. The molecule has 0 N–H and O–H groups in total. The fourth-order valence-corrected chi connectivity index (χ4v) is 1.94. The van der Waals surface area contributed by atoms with Crippen LogP contribution in [0.2, 0.25) is 0 Å². The van der Waals surface area contributed by atoms with E-state index in [-0.39, 0.29) is 6.09 Å². The zero-order valence-corrected chi connectivity index (χ0v) is 9.19. The molecule has 2 aliphatic heterocycles. The zero-order valence-electron chi connectivity index (χ0n) is 9.19. The minimum absolute atomic E-state index is 0.206. The van der Waals surface area contributed by atoms with Gasteiger partial charge >= 0.3 is 6.09 Å². The summed E-state index contributed by atoms with van der Waals surface area (Å²) in [4.78, 5) is 15.4. The molecule has 82 valence electrons. The maximum atomic E-state index is 11.5. The van der Waals surface area contributed by atoms with Gasteiger partial charge in [0.2, 0.25) is 0 Å². The Morgan fingerprint density at radius 3 is 3.00 bits per heavy atom. The van der Waals surface area contributed by atoms with Crippen LogP contribution in [0, 0.1) is 0 Å². The predicted molar refractivity (Wildman–Crippen MR) is 57.4 cm³/mol. The maximum Gasteiger partial charge on any atom is 0.410 e. The topological polar surface area (TPSA) is 32.8 Å². The maximum absolute atomic E-state index is 11.5. The number of hydrogen-bond donors (Lipinski definition) is 0. The number of carbonyl (C=O) groups is 1. The van der Waals surface area contributed by atoms with E-state index < -0.39 is 0 Å². The first-order valence-corrected chi connectivity index (χ1v) is 5.21. The van der Waals surface area contributed by atoms with Crippen molar-refractivity contribution in [3.8, 4) is 0 Å². The second-order valence-corrected chi connectivity index (χ2v) is 3.91. The number of rotatable bonds is 1. The van der Waals surface area contributed by atoms with Crippen molar-refractivity contribution in [2.24, 2.45) is 0 Å². The third-order valence-electron chi connectivity index (χ3n) is 2.69. The average molecular weight is 208 g/mol. The van der Waals surface area contributed by atoms with Gasteiger partial charge in [-0.1, -0.05) is 0 Å². The van der Waals surface area contributed by atoms with E-state index in [4.69, 9.17) is 4.74 Å². The normalized spacial score (nSPS) is 19.6. The molecule has 0 unspecified atom stereocenters. The number of ether oxygens (including phenoxy) is 1. The van der Waals surface area contributed by atoms with Crippen LogP contribution in [0.5, 0.6) is 0 Å². The minimum Gasteiger partial charge on any atom is -0.450 e. The van der Waals surface area contributed by atoms with Crippen LogP contribution >= 0.6 is 0 Å². The van der Waals surface area contributed by atoms with E-state index in [0.29, 0.717) is 19.7 Å². The summed E-state index contributed by atoms with van der Waals surface area (Å²) in [5, 5.41) is 0. The molecule has 2 rings (SSSR count). The lowest BCUT2D eigenvalue weighted by atomic mass is 10.1. The Kier molecular flexibility index (Phi) is 2.66. The molecule has 1 amide bonds. The van der Waals surface area contributed by atoms with Crippen molar-refractivity contribution in [2.75, 3.05) is 33.3 Å². The standard InChI is InChI=1S/C11H16N2O2/c1-3-15-11(14)13-7-9-4-5-12(2)6-10(9)8-13/h4-5H,3,6-8H2,1-2H3. The summed E-state index contributed by atoms with van der Waals surface area (Å²) >= 11 is 0. The molecule has 0 spiro atoms. The summed E-state index contributed by atoms with van der Waals surface area (Å²) in [5.74, 6) is 0. The first kappa shape index (κ1) is 10.1. The summed E-state index contributed by atoms with van der Waals surface area (Å²) in [6, 6.07) is 0. The van der Waals surface area contributed by atoms with Crippen molar-refractivity contribution in [2.45, 2.75) is 6.92 Å². The number of nitrogens with zero attached hydrogens (tertiary/aromatic N) is 2. The molecule has 0 aromatic rings. The van der Waals surface area contributed by atoms with Crippen LogP contribution in [0.15, 0.2) is 23.4 Å². The van der Waals surface area contributed by atoms with Crippen LogP contribution in [0.25, 0.3) is 0 Å². The van der Waals surface area contributed by atoms with E-state index in [1.165, 1.54) is 11.1 Å². The number of likely N-dealkylation sites (N-methyl/N-ethyl adjacent to an activating group) is 1. The molecular formula is C11H16N2O2. The van der Waals surface area contributed by atoms with Gasteiger partial charge in [-0.3, -0.25) is 4.90 Å². The Morgan fingerprint density at radius 1 is 1.47 bits per heavy atom. The zero-order chi connectivity index (χ0) is 10.8. The van der Waals surface area contributed by atoms with Gasteiger partial charge < -0.3 is 9.64 Å². The number of hydrogen-bond acceptors (Lipinski definition) is 3. The van der Waals surface area contributed by atoms with Crippen LogP contribution in [0.3, 0.4) is 0 Å². The lowest BCUT2D eigenvalue weighted by Gasteiger charge is -2.19. The predicted octanol–water partition coefficient (Wildman–Crippen LogP) is 1.21. The highest BCUT2D eigenvalue weighted by atomic mass is 16.6. The van der Waals surface area contributed by atoms with E-state index >= 15 is 0 Å².